The second-order valence-electron chi connectivity index (χ2n) is 8.26. The number of carbonyl (C=O) groups is 3. The Balaban J connectivity index is 1.62. The van der Waals surface area contributed by atoms with E-state index < -0.39 is 17.8 Å². The highest BCUT2D eigenvalue weighted by molar-refractivity contribution is 6.46. The number of benzene rings is 4. The maximum atomic E-state index is 14.3. The van der Waals surface area contributed by atoms with Crippen molar-refractivity contribution in [3.63, 3.8) is 0 Å². The minimum atomic E-state index is -0.751. The lowest BCUT2D eigenvalue weighted by Gasteiger charge is -2.34. The van der Waals surface area contributed by atoms with E-state index in [4.69, 9.17) is 0 Å². The average molecular weight is 477 g/mol. The fourth-order valence-corrected chi connectivity index (χ4v) is 4.18. The van der Waals surface area contributed by atoms with Gasteiger partial charge in [-0.25, -0.2) is 19.0 Å². The molecule has 1 aliphatic heterocycles. The topological polar surface area (TPSA) is 57.7 Å². The first-order chi connectivity index (χ1) is 17.5. The van der Waals surface area contributed by atoms with Crippen molar-refractivity contribution in [3.8, 4) is 0 Å². The zero-order valence-corrected chi connectivity index (χ0v) is 19.2. The van der Waals surface area contributed by atoms with E-state index in [1.165, 1.54) is 12.1 Å². The van der Waals surface area contributed by atoms with E-state index in [1.54, 1.807) is 91.0 Å². The number of carbonyl (C=O) groups excluding carboxylic acids is 3. The molecule has 0 N–H and O–H groups in total. The summed E-state index contributed by atoms with van der Waals surface area (Å²) in [6.07, 6.45) is 1.76. The molecule has 0 aliphatic carbocycles. The van der Waals surface area contributed by atoms with Crippen molar-refractivity contribution in [2.75, 3.05) is 9.80 Å². The molecule has 0 unspecified atom stereocenters. The smallest absolute Gasteiger partial charge is 0.268 e. The molecule has 1 fully saturated rings. The Kier molecular flexibility index (Phi) is 6.24. The quantitative estimate of drug-likeness (QED) is 0.262. The highest BCUT2D eigenvalue weighted by Crippen LogP contribution is 2.30. The molecule has 1 heterocycles. The number of hydrogen-bond acceptors (Lipinski definition) is 3. The summed E-state index contributed by atoms with van der Waals surface area (Å²) in [5, 5.41) is 0. The van der Waals surface area contributed by atoms with Gasteiger partial charge in [-0.15, -0.1) is 0 Å². The molecule has 176 valence electrons. The predicted octanol–water partition coefficient (Wildman–Crippen LogP) is 6.00. The van der Waals surface area contributed by atoms with E-state index in [2.05, 4.69) is 0 Å². The van der Waals surface area contributed by atoms with Crippen molar-refractivity contribution in [2.45, 2.75) is 6.42 Å². The van der Waals surface area contributed by atoms with Crippen molar-refractivity contribution in [1.29, 1.82) is 0 Å². The summed E-state index contributed by atoms with van der Waals surface area (Å²) in [7, 11) is 0. The largest absolute Gasteiger partial charge is 0.343 e. The molecule has 0 aromatic heterocycles. The van der Waals surface area contributed by atoms with E-state index in [9.17, 15) is 18.8 Å². The maximum absolute atomic E-state index is 14.3. The van der Waals surface area contributed by atoms with Crippen molar-refractivity contribution in [1.82, 2.24) is 0 Å². The van der Waals surface area contributed by atoms with Gasteiger partial charge in [0, 0.05) is 6.42 Å². The van der Waals surface area contributed by atoms with Crippen LogP contribution in [0.3, 0.4) is 0 Å². The van der Waals surface area contributed by atoms with Crippen LogP contribution < -0.4 is 9.80 Å². The first kappa shape index (κ1) is 22.9. The lowest BCUT2D eigenvalue weighted by Crippen LogP contribution is -2.57. The summed E-state index contributed by atoms with van der Waals surface area (Å²) >= 11 is 0. The first-order valence-electron chi connectivity index (χ1n) is 11.4. The van der Waals surface area contributed by atoms with Crippen molar-refractivity contribution < 1.29 is 18.8 Å². The van der Waals surface area contributed by atoms with Gasteiger partial charge < -0.3 is 0 Å². The van der Waals surface area contributed by atoms with Gasteiger partial charge in [0.05, 0.1) is 11.4 Å². The number of para-hydroxylation sites is 2. The summed E-state index contributed by atoms with van der Waals surface area (Å²) in [6.45, 7) is 0. The van der Waals surface area contributed by atoms with Gasteiger partial charge >= 0.3 is 6.03 Å². The molecule has 1 saturated heterocycles. The zero-order valence-electron chi connectivity index (χ0n) is 19.2. The molecule has 5 rings (SSSR count). The fraction of sp³-hybridized carbons (Fsp3) is 0.0333. The van der Waals surface area contributed by atoms with Crippen LogP contribution in [0.4, 0.5) is 20.6 Å². The molecule has 0 saturated carbocycles. The average Bonchev–Trinajstić information content (AvgIpc) is 2.90. The molecule has 1 aliphatic rings. The van der Waals surface area contributed by atoms with Crippen molar-refractivity contribution in [2.24, 2.45) is 0 Å². The molecule has 6 heteroatoms. The molecule has 36 heavy (non-hydrogen) atoms. The van der Waals surface area contributed by atoms with Gasteiger partial charge in [0.25, 0.3) is 11.8 Å². The molecule has 0 radical (unpaired) electrons. The summed E-state index contributed by atoms with van der Waals surface area (Å²) in [6, 6.07) is 29.9. The number of amides is 4. The van der Waals surface area contributed by atoms with E-state index in [1.807, 2.05) is 12.1 Å². The minimum Gasteiger partial charge on any atom is -0.268 e. The Hall–Kier alpha value is -4.84. The van der Waals surface area contributed by atoms with Crippen LogP contribution in [-0.2, 0) is 16.0 Å². The second-order valence-corrected chi connectivity index (χ2v) is 8.26. The Morgan fingerprint density at radius 2 is 1.06 bits per heavy atom. The second kappa shape index (κ2) is 9.80. The van der Waals surface area contributed by atoms with E-state index in [0.29, 0.717) is 22.5 Å². The third-order valence-corrected chi connectivity index (χ3v) is 5.97. The monoisotopic (exact) mass is 476 g/mol. The number of urea groups is 1. The Bertz CT molecular complexity index is 1420. The van der Waals surface area contributed by atoms with Crippen LogP contribution >= 0.6 is 0 Å². The molecule has 5 nitrogen and oxygen atoms in total. The molecule has 4 aromatic rings. The Labute approximate surface area is 207 Å². The molecular formula is C30H21FN2O3. The molecule has 0 atom stereocenters. The maximum Gasteiger partial charge on any atom is 0.343 e. The lowest BCUT2D eigenvalue weighted by molar-refractivity contribution is -0.121. The van der Waals surface area contributed by atoms with Gasteiger partial charge in [-0.2, -0.15) is 0 Å². The summed E-state index contributed by atoms with van der Waals surface area (Å²) in [5.74, 6) is -1.77. The highest BCUT2D eigenvalue weighted by atomic mass is 19.1. The van der Waals surface area contributed by atoms with Crippen LogP contribution in [-0.4, -0.2) is 17.8 Å². The number of nitrogens with zero attached hydrogens (tertiary/aromatic N) is 2. The predicted molar refractivity (Wildman–Crippen MR) is 137 cm³/mol. The van der Waals surface area contributed by atoms with Gasteiger partial charge in [-0.05, 0) is 53.1 Å². The van der Waals surface area contributed by atoms with Gasteiger partial charge in [0.1, 0.15) is 11.4 Å². The molecule has 0 bridgehead atoms. The van der Waals surface area contributed by atoms with Crippen LogP contribution in [0.15, 0.2) is 115 Å². The summed E-state index contributed by atoms with van der Waals surface area (Å²) in [5.41, 5.74) is 2.37. The number of hydrogen-bond donors (Lipinski definition) is 0. The normalized spacial score (nSPS) is 13.8. The SMILES string of the molecule is O=C1C(=Cc2ccccc2Cc2ccccc2F)C(=O)N(c2ccccc2)C(=O)N1c1ccccc1. The van der Waals surface area contributed by atoms with Gasteiger partial charge in [-0.3, -0.25) is 9.59 Å². The third kappa shape index (κ3) is 4.32. The Morgan fingerprint density at radius 1 is 0.583 bits per heavy atom. The molecule has 0 spiro atoms. The number of imide groups is 2. The van der Waals surface area contributed by atoms with E-state index in [0.717, 1.165) is 15.4 Å². The van der Waals surface area contributed by atoms with Crippen LogP contribution in [0, 0.1) is 5.82 Å². The number of anilines is 2. The minimum absolute atomic E-state index is 0.164. The summed E-state index contributed by atoms with van der Waals surface area (Å²) < 4.78 is 14.3. The van der Waals surface area contributed by atoms with Gasteiger partial charge in [0.2, 0.25) is 0 Å². The fourth-order valence-electron chi connectivity index (χ4n) is 4.18. The van der Waals surface area contributed by atoms with Gasteiger partial charge in [-0.1, -0.05) is 78.9 Å². The van der Waals surface area contributed by atoms with Crippen molar-refractivity contribution >= 4 is 35.3 Å². The third-order valence-electron chi connectivity index (χ3n) is 5.97. The van der Waals surface area contributed by atoms with Crippen molar-refractivity contribution in [3.05, 3.63) is 137 Å². The number of rotatable bonds is 5. The first-order valence-corrected chi connectivity index (χ1v) is 11.4. The zero-order chi connectivity index (χ0) is 25.1. The lowest BCUT2D eigenvalue weighted by atomic mass is 9.96. The van der Waals surface area contributed by atoms with Gasteiger partial charge in [0.15, 0.2) is 0 Å². The highest BCUT2D eigenvalue weighted by Gasteiger charge is 2.43. The summed E-state index contributed by atoms with van der Waals surface area (Å²) in [4.78, 5) is 42.6. The standard InChI is InChI=1S/C30H21FN2O3/c31-27-18-10-9-13-23(27)19-21-11-7-8-12-22(21)20-26-28(34)32(24-14-3-1-4-15-24)30(36)33(29(26)35)25-16-5-2-6-17-25/h1-18,20H,19H2. The molecule has 4 amide bonds. The molecular weight excluding hydrogens is 455 g/mol. The van der Waals surface area contributed by atoms with Crippen LogP contribution in [0.1, 0.15) is 16.7 Å². The number of halogens is 1. The van der Waals surface area contributed by atoms with E-state index >= 15 is 0 Å². The van der Waals surface area contributed by atoms with E-state index in [-0.39, 0.29) is 17.8 Å². The van der Waals surface area contributed by atoms with Crippen LogP contribution in [0.2, 0.25) is 0 Å². The van der Waals surface area contributed by atoms with Crippen LogP contribution in [0.25, 0.3) is 6.08 Å². The van der Waals surface area contributed by atoms with Crippen LogP contribution in [0.5, 0.6) is 0 Å². The Morgan fingerprint density at radius 3 is 1.61 bits per heavy atom. The number of barbiturate groups is 1. The molecule has 4 aromatic carbocycles.